The molecule has 2 rings (SSSR count). The first-order chi connectivity index (χ1) is 9.45. The van der Waals surface area contributed by atoms with E-state index in [0.717, 1.165) is 9.38 Å². The van der Waals surface area contributed by atoms with Crippen molar-refractivity contribution in [1.82, 2.24) is 0 Å². The summed E-state index contributed by atoms with van der Waals surface area (Å²) in [6, 6.07) is 7.13. The van der Waals surface area contributed by atoms with Crippen LogP contribution in [0, 0.1) is 0 Å². The summed E-state index contributed by atoms with van der Waals surface area (Å²) in [5.41, 5.74) is 0.530. The van der Waals surface area contributed by atoms with E-state index in [-0.39, 0.29) is 12.3 Å². The highest BCUT2D eigenvalue weighted by molar-refractivity contribution is 9.14. The molecule has 106 valence electrons. The van der Waals surface area contributed by atoms with Crippen molar-refractivity contribution in [1.29, 1.82) is 0 Å². The van der Waals surface area contributed by atoms with Gasteiger partial charge in [-0.3, -0.25) is 9.79 Å². The van der Waals surface area contributed by atoms with Crippen LogP contribution in [0.3, 0.4) is 0 Å². The lowest BCUT2D eigenvalue weighted by atomic mass is 9.81. The lowest BCUT2D eigenvalue weighted by Crippen LogP contribution is -2.29. The van der Waals surface area contributed by atoms with Crippen LogP contribution in [0.5, 0.6) is 0 Å². The van der Waals surface area contributed by atoms with Gasteiger partial charge in [0.1, 0.15) is 6.54 Å². The number of carbonyl (C=O) groups is 1. The Morgan fingerprint density at radius 2 is 1.85 bits per heavy atom. The van der Waals surface area contributed by atoms with Crippen LogP contribution in [0.2, 0.25) is 0 Å². The van der Waals surface area contributed by atoms with Crippen LogP contribution in [0.1, 0.15) is 0 Å². The zero-order valence-corrected chi connectivity index (χ0v) is 14.6. The van der Waals surface area contributed by atoms with Gasteiger partial charge in [0.05, 0.1) is 8.96 Å². The standard InChI is InChI=1S/C7H9BO2S.C5H3Br2NO/c1-11-7-4-2-6(3-5-7)8(9)10;6-3-1-8-2-4(9)5(3)7/h2-5,9-10H,1H3;1H,2H2. The normalized spacial score (nSPS) is 13.9. The van der Waals surface area contributed by atoms with Crippen molar-refractivity contribution in [3.05, 3.63) is 33.2 Å². The van der Waals surface area contributed by atoms with Crippen LogP contribution in [0.4, 0.5) is 0 Å². The van der Waals surface area contributed by atoms with Gasteiger partial charge < -0.3 is 10.0 Å². The van der Waals surface area contributed by atoms with Crippen molar-refractivity contribution in [2.45, 2.75) is 4.90 Å². The summed E-state index contributed by atoms with van der Waals surface area (Å²) in [7, 11) is -1.36. The van der Waals surface area contributed by atoms with Gasteiger partial charge in [-0.2, -0.15) is 0 Å². The van der Waals surface area contributed by atoms with Gasteiger partial charge in [-0.05, 0) is 55.7 Å². The predicted octanol–water partition coefficient (Wildman–Crippen LogP) is 1.73. The first-order valence-corrected chi connectivity index (χ1v) is 8.35. The maximum Gasteiger partial charge on any atom is 0.488 e. The Morgan fingerprint density at radius 3 is 2.25 bits per heavy atom. The highest BCUT2D eigenvalue weighted by Crippen LogP contribution is 2.19. The number of allylic oxidation sites excluding steroid dienone is 1. The molecule has 1 aromatic carbocycles. The van der Waals surface area contributed by atoms with Gasteiger partial charge in [-0.1, -0.05) is 12.1 Å². The summed E-state index contributed by atoms with van der Waals surface area (Å²) in [5.74, 6) is 0.0179. The second-order valence-corrected chi connectivity index (χ2v) is 6.23. The summed E-state index contributed by atoms with van der Waals surface area (Å²) >= 11 is 7.89. The van der Waals surface area contributed by atoms with Crippen LogP contribution in [-0.2, 0) is 4.79 Å². The molecule has 1 heterocycles. The fourth-order valence-electron chi connectivity index (χ4n) is 1.24. The Hall–Kier alpha value is -0.405. The average molecular weight is 421 g/mol. The molecule has 0 spiro atoms. The number of aliphatic imine (C=N–C) groups is 1. The number of dihydropyridines is 1. The molecule has 20 heavy (non-hydrogen) atoms. The lowest BCUT2D eigenvalue weighted by molar-refractivity contribution is -0.113. The Bertz CT molecular complexity index is 532. The second kappa shape index (κ2) is 8.79. The summed E-state index contributed by atoms with van der Waals surface area (Å²) in [4.78, 5) is 15.7. The summed E-state index contributed by atoms with van der Waals surface area (Å²) in [6.07, 6.45) is 3.59. The number of hydrogen-bond acceptors (Lipinski definition) is 5. The van der Waals surface area contributed by atoms with Crippen LogP contribution >= 0.6 is 43.6 Å². The van der Waals surface area contributed by atoms with Crippen LogP contribution in [0.25, 0.3) is 0 Å². The molecule has 0 atom stereocenters. The van der Waals surface area contributed by atoms with E-state index in [1.807, 2.05) is 18.4 Å². The minimum Gasteiger partial charge on any atom is -0.423 e. The molecular formula is C12H12BBr2NO3S. The van der Waals surface area contributed by atoms with E-state index in [2.05, 4.69) is 36.9 Å². The van der Waals surface area contributed by atoms with Gasteiger partial charge in [0.25, 0.3) is 0 Å². The number of thioether (sulfide) groups is 1. The maximum atomic E-state index is 10.8. The Balaban J connectivity index is 0.000000204. The fourth-order valence-corrected chi connectivity index (χ4v) is 2.25. The van der Waals surface area contributed by atoms with Gasteiger partial charge in [-0.15, -0.1) is 11.8 Å². The van der Waals surface area contributed by atoms with E-state index in [4.69, 9.17) is 10.0 Å². The highest BCUT2D eigenvalue weighted by atomic mass is 79.9. The van der Waals surface area contributed by atoms with Crippen LogP contribution in [0.15, 0.2) is 43.1 Å². The number of benzene rings is 1. The Morgan fingerprint density at radius 1 is 1.25 bits per heavy atom. The second-order valence-electron chi connectivity index (χ2n) is 3.70. The molecule has 0 unspecified atom stereocenters. The van der Waals surface area contributed by atoms with Crippen molar-refractivity contribution in [2.75, 3.05) is 12.8 Å². The van der Waals surface area contributed by atoms with E-state index in [1.54, 1.807) is 30.1 Å². The van der Waals surface area contributed by atoms with Crippen molar-refractivity contribution < 1.29 is 14.8 Å². The van der Waals surface area contributed by atoms with E-state index < -0.39 is 7.12 Å². The topological polar surface area (TPSA) is 69.9 Å². The summed E-state index contributed by atoms with van der Waals surface area (Å²) in [5, 5.41) is 17.5. The number of halogens is 2. The first kappa shape index (κ1) is 17.6. The van der Waals surface area contributed by atoms with Gasteiger partial charge in [-0.25, -0.2) is 0 Å². The molecule has 0 bridgehead atoms. The van der Waals surface area contributed by atoms with E-state index in [9.17, 15) is 4.79 Å². The van der Waals surface area contributed by atoms with Crippen molar-refractivity contribution in [3.8, 4) is 0 Å². The molecule has 4 nitrogen and oxygen atoms in total. The van der Waals surface area contributed by atoms with Crippen molar-refractivity contribution in [2.24, 2.45) is 4.99 Å². The van der Waals surface area contributed by atoms with Gasteiger partial charge in [0, 0.05) is 11.1 Å². The first-order valence-electron chi connectivity index (χ1n) is 5.54. The Labute approximate surface area is 138 Å². The number of rotatable bonds is 2. The molecule has 0 saturated carbocycles. The van der Waals surface area contributed by atoms with Crippen LogP contribution in [-0.4, -0.2) is 42.0 Å². The van der Waals surface area contributed by atoms with Crippen LogP contribution < -0.4 is 5.46 Å². The quantitative estimate of drug-likeness (QED) is 0.564. The number of ketones is 1. The average Bonchev–Trinajstić information content (AvgIpc) is 2.45. The molecule has 0 fully saturated rings. The zero-order chi connectivity index (χ0) is 15.1. The third-order valence-electron chi connectivity index (χ3n) is 2.31. The van der Waals surface area contributed by atoms with Crippen molar-refractivity contribution in [3.63, 3.8) is 0 Å². The molecule has 0 saturated heterocycles. The SMILES string of the molecule is CSc1ccc(B(O)O)cc1.O=C1CN=CC(Br)=C1Br. The molecular weight excluding hydrogens is 409 g/mol. The van der Waals surface area contributed by atoms with Gasteiger partial charge >= 0.3 is 7.12 Å². The molecule has 2 N–H and O–H groups in total. The minimum atomic E-state index is -1.36. The largest absolute Gasteiger partial charge is 0.488 e. The zero-order valence-electron chi connectivity index (χ0n) is 10.6. The molecule has 1 aliphatic rings. The fraction of sp³-hybridized carbons (Fsp3) is 0.167. The maximum absolute atomic E-state index is 10.8. The number of nitrogens with zero attached hydrogens (tertiary/aromatic N) is 1. The molecule has 8 heteroatoms. The smallest absolute Gasteiger partial charge is 0.423 e. The third kappa shape index (κ3) is 5.53. The highest BCUT2D eigenvalue weighted by Gasteiger charge is 2.12. The van der Waals surface area contributed by atoms with Gasteiger partial charge in [0.15, 0.2) is 5.78 Å². The molecule has 1 aromatic rings. The van der Waals surface area contributed by atoms with E-state index in [0.29, 0.717) is 9.95 Å². The molecule has 0 aromatic heterocycles. The number of Topliss-reactive ketones (excluding diaryl/α,β-unsaturated/α-hetero) is 1. The monoisotopic (exact) mass is 419 g/mol. The summed E-state index contributed by atoms with van der Waals surface area (Å²) < 4.78 is 1.30. The number of carbonyl (C=O) groups excluding carboxylic acids is 1. The van der Waals surface area contributed by atoms with Crippen molar-refractivity contribution >= 4 is 68.2 Å². The predicted molar refractivity (Wildman–Crippen MR) is 91.3 cm³/mol. The molecule has 1 aliphatic heterocycles. The van der Waals surface area contributed by atoms with Gasteiger partial charge in [0.2, 0.25) is 0 Å². The lowest BCUT2D eigenvalue weighted by Gasteiger charge is -2.01. The molecule has 0 amide bonds. The molecule has 0 aliphatic carbocycles. The Kier molecular flexibility index (Phi) is 7.75. The van der Waals surface area contributed by atoms with E-state index in [1.165, 1.54) is 0 Å². The third-order valence-corrected chi connectivity index (χ3v) is 5.05. The molecule has 0 radical (unpaired) electrons. The number of hydrogen-bond donors (Lipinski definition) is 2. The minimum absolute atomic E-state index is 0.0179. The summed E-state index contributed by atoms with van der Waals surface area (Å²) in [6.45, 7) is 0.260. The van der Waals surface area contributed by atoms with E-state index >= 15 is 0 Å².